The minimum absolute atomic E-state index is 0.0917. The predicted molar refractivity (Wildman–Crippen MR) is 70.8 cm³/mol. The molecule has 1 rings (SSSR count). The molecule has 0 atom stereocenters. The SMILES string of the molecule is CCS(=O)(=O)CCN=C(N)N1CCC(C)CC1. The largest absolute Gasteiger partial charge is 0.370 e. The second-order valence-electron chi connectivity index (χ2n) is 4.65. The van der Waals surface area contributed by atoms with Crippen LogP contribution in [0.25, 0.3) is 0 Å². The number of likely N-dealkylation sites (tertiary alicyclic amines) is 1. The van der Waals surface area contributed by atoms with Crippen LogP contribution in [0.15, 0.2) is 4.99 Å². The van der Waals surface area contributed by atoms with Crippen LogP contribution in [-0.4, -0.2) is 50.4 Å². The second-order valence-corrected chi connectivity index (χ2v) is 7.12. The van der Waals surface area contributed by atoms with Crippen molar-refractivity contribution in [3.8, 4) is 0 Å². The minimum Gasteiger partial charge on any atom is -0.370 e. The van der Waals surface area contributed by atoms with E-state index >= 15 is 0 Å². The number of hydrogen-bond acceptors (Lipinski definition) is 3. The molecule has 0 unspecified atom stereocenters. The minimum atomic E-state index is -2.94. The third-order valence-corrected chi connectivity index (χ3v) is 4.91. The second kappa shape index (κ2) is 6.23. The van der Waals surface area contributed by atoms with Crippen LogP contribution >= 0.6 is 0 Å². The molecule has 17 heavy (non-hydrogen) atoms. The molecule has 1 heterocycles. The van der Waals surface area contributed by atoms with Gasteiger partial charge in [-0.15, -0.1) is 0 Å². The molecule has 0 saturated carbocycles. The highest BCUT2D eigenvalue weighted by Gasteiger charge is 2.17. The monoisotopic (exact) mass is 261 g/mol. The number of hydrogen-bond donors (Lipinski definition) is 1. The summed E-state index contributed by atoms with van der Waals surface area (Å²) in [7, 11) is -2.94. The number of nitrogens with zero attached hydrogens (tertiary/aromatic N) is 2. The quantitative estimate of drug-likeness (QED) is 0.589. The van der Waals surface area contributed by atoms with Crippen LogP contribution in [-0.2, 0) is 9.84 Å². The molecule has 1 fully saturated rings. The Kier molecular flexibility index (Phi) is 5.24. The van der Waals surface area contributed by atoms with Crippen molar-refractivity contribution in [2.45, 2.75) is 26.7 Å². The highest BCUT2D eigenvalue weighted by molar-refractivity contribution is 7.91. The summed E-state index contributed by atoms with van der Waals surface area (Å²) in [6.07, 6.45) is 2.26. The third kappa shape index (κ3) is 4.93. The highest BCUT2D eigenvalue weighted by atomic mass is 32.2. The van der Waals surface area contributed by atoms with Crippen molar-refractivity contribution in [3.05, 3.63) is 0 Å². The van der Waals surface area contributed by atoms with E-state index in [9.17, 15) is 8.42 Å². The Morgan fingerprint density at radius 3 is 2.53 bits per heavy atom. The number of guanidine groups is 1. The fourth-order valence-corrected chi connectivity index (χ4v) is 2.44. The molecule has 5 nitrogen and oxygen atoms in total. The smallest absolute Gasteiger partial charge is 0.191 e. The van der Waals surface area contributed by atoms with Gasteiger partial charge in [0.15, 0.2) is 15.8 Å². The zero-order valence-electron chi connectivity index (χ0n) is 10.7. The van der Waals surface area contributed by atoms with E-state index in [0.29, 0.717) is 5.96 Å². The van der Waals surface area contributed by atoms with Crippen molar-refractivity contribution in [2.75, 3.05) is 31.1 Å². The van der Waals surface area contributed by atoms with Crippen LogP contribution in [0.1, 0.15) is 26.7 Å². The molecule has 1 saturated heterocycles. The van der Waals surface area contributed by atoms with Crippen LogP contribution in [0.2, 0.25) is 0 Å². The van der Waals surface area contributed by atoms with Gasteiger partial charge in [0.05, 0.1) is 12.3 Å². The topological polar surface area (TPSA) is 75.8 Å². The van der Waals surface area contributed by atoms with Crippen molar-refractivity contribution >= 4 is 15.8 Å². The summed E-state index contributed by atoms with van der Waals surface area (Å²) in [5.74, 6) is 1.50. The van der Waals surface area contributed by atoms with E-state index in [1.54, 1.807) is 6.92 Å². The first-order valence-electron chi connectivity index (χ1n) is 6.20. The van der Waals surface area contributed by atoms with Gasteiger partial charge in [0.1, 0.15) is 0 Å². The van der Waals surface area contributed by atoms with Gasteiger partial charge in [-0.3, -0.25) is 4.99 Å². The number of piperidine rings is 1. The van der Waals surface area contributed by atoms with E-state index in [4.69, 9.17) is 5.73 Å². The van der Waals surface area contributed by atoms with E-state index in [1.807, 2.05) is 4.90 Å². The molecule has 1 aliphatic rings. The Morgan fingerprint density at radius 1 is 1.41 bits per heavy atom. The molecule has 2 N–H and O–H groups in total. The Labute approximate surface area is 104 Å². The van der Waals surface area contributed by atoms with Gasteiger partial charge in [-0.2, -0.15) is 0 Å². The first-order chi connectivity index (χ1) is 7.94. The predicted octanol–water partition coefficient (Wildman–Crippen LogP) is 0.468. The average molecular weight is 261 g/mol. The zero-order valence-corrected chi connectivity index (χ0v) is 11.5. The maximum absolute atomic E-state index is 11.3. The first-order valence-corrected chi connectivity index (χ1v) is 8.02. The highest BCUT2D eigenvalue weighted by Crippen LogP contribution is 2.15. The van der Waals surface area contributed by atoms with Crippen molar-refractivity contribution < 1.29 is 8.42 Å². The van der Waals surface area contributed by atoms with Crippen molar-refractivity contribution in [3.63, 3.8) is 0 Å². The van der Waals surface area contributed by atoms with Crippen LogP contribution in [0.3, 0.4) is 0 Å². The van der Waals surface area contributed by atoms with Crippen LogP contribution in [0, 0.1) is 5.92 Å². The number of rotatable bonds is 4. The fourth-order valence-electron chi connectivity index (χ4n) is 1.78. The number of nitrogens with two attached hydrogens (primary N) is 1. The van der Waals surface area contributed by atoms with Crippen LogP contribution in [0.4, 0.5) is 0 Å². The van der Waals surface area contributed by atoms with Crippen molar-refractivity contribution in [2.24, 2.45) is 16.6 Å². The molecule has 0 aromatic rings. The van der Waals surface area contributed by atoms with E-state index in [2.05, 4.69) is 11.9 Å². The van der Waals surface area contributed by atoms with E-state index in [-0.39, 0.29) is 18.1 Å². The van der Waals surface area contributed by atoms with Crippen LogP contribution < -0.4 is 5.73 Å². The van der Waals surface area contributed by atoms with Gasteiger partial charge in [-0.05, 0) is 18.8 Å². The molecule has 100 valence electrons. The lowest BCUT2D eigenvalue weighted by molar-refractivity contribution is 0.278. The average Bonchev–Trinajstić information content (AvgIpc) is 2.29. The Morgan fingerprint density at radius 2 is 2.00 bits per heavy atom. The van der Waals surface area contributed by atoms with Gasteiger partial charge >= 0.3 is 0 Å². The molecule has 1 aliphatic heterocycles. The molecule has 0 aliphatic carbocycles. The molecule has 0 spiro atoms. The molecule has 0 aromatic carbocycles. The van der Waals surface area contributed by atoms with Gasteiger partial charge in [-0.25, -0.2) is 8.42 Å². The van der Waals surface area contributed by atoms with E-state index in [0.717, 1.165) is 31.8 Å². The maximum atomic E-state index is 11.3. The summed E-state index contributed by atoms with van der Waals surface area (Å²) >= 11 is 0. The lowest BCUT2D eigenvalue weighted by Gasteiger charge is -2.31. The molecular weight excluding hydrogens is 238 g/mol. The Bertz CT molecular complexity index is 357. The fraction of sp³-hybridized carbons (Fsp3) is 0.909. The normalized spacial score (nSPS) is 19.6. The van der Waals surface area contributed by atoms with Gasteiger partial charge in [-0.1, -0.05) is 13.8 Å². The zero-order chi connectivity index (χ0) is 12.9. The van der Waals surface area contributed by atoms with Gasteiger partial charge in [0.25, 0.3) is 0 Å². The molecule has 0 bridgehead atoms. The van der Waals surface area contributed by atoms with Crippen LogP contribution in [0.5, 0.6) is 0 Å². The Balaban J connectivity index is 2.39. The third-order valence-electron chi connectivity index (χ3n) is 3.22. The Hall–Kier alpha value is -0.780. The molecule has 0 amide bonds. The van der Waals surface area contributed by atoms with Crippen molar-refractivity contribution in [1.29, 1.82) is 0 Å². The van der Waals surface area contributed by atoms with Gasteiger partial charge < -0.3 is 10.6 Å². The lowest BCUT2D eigenvalue weighted by Crippen LogP contribution is -2.42. The molecule has 0 aromatic heterocycles. The number of sulfone groups is 1. The van der Waals surface area contributed by atoms with Gasteiger partial charge in [0, 0.05) is 18.8 Å². The molecule has 0 radical (unpaired) electrons. The summed E-state index contributed by atoms with van der Waals surface area (Å²) < 4.78 is 22.6. The van der Waals surface area contributed by atoms with E-state index < -0.39 is 9.84 Å². The standard InChI is InChI=1S/C11H23N3O2S/c1-3-17(15,16)9-6-13-11(12)14-7-4-10(2)5-8-14/h10H,3-9H2,1-2H3,(H2,12,13). The molecule has 6 heteroatoms. The summed E-state index contributed by atoms with van der Waals surface area (Å²) in [5.41, 5.74) is 5.85. The summed E-state index contributed by atoms with van der Waals surface area (Å²) in [4.78, 5) is 6.19. The van der Waals surface area contributed by atoms with E-state index in [1.165, 1.54) is 0 Å². The van der Waals surface area contributed by atoms with Gasteiger partial charge in [0.2, 0.25) is 0 Å². The maximum Gasteiger partial charge on any atom is 0.191 e. The lowest BCUT2D eigenvalue weighted by atomic mass is 10.00. The summed E-state index contributed by atoms with van der Waals surface area (Å²) in [5, 5.41) is 0. The first kappa shape index (κ1) is 14.3. The number of aliphatic imine (C=N–C) groups is 1. The summed E-state index contributed by atoms with van der Waals surface area (Å²) in [6.45, 7) is 6.01. The van der Waals surface area contributed by atoms with Crippen molar-refractivity contribution in [1.82, 2.24) is 4.90 Å². The summed E-state index contributed by atoms with van der Waals surface area (Å²) in [6, 6.07) is 0. The molecular formula is C11H23N3O2S.